The summed E-state index contributed by atoms with van der Waals surface area (Å²) in [6, 6.07) is 9.61. The zero-order valence-electron chi connectivity index (χ0n) is 25.5. The maximum absolute atomic E-state index is 14.2. The molecular weight excluding hydrogens is 582 g/mol. The number of allylic oxidation sites excluding steroid dienone is 1. The normalized spacial score (nSPS) is 14.1. The Morgan fingerprint density at radius 2 is 1.82 bits per heavy atom. The molecule has 0 radical (unpaired) electrons. The molecule has 0 atom stereocenters. The standard InChI is InChI=1S/C32H38F2N8O3/c1-4-23(20-39(2)16-17-41-14-8-5-9-15-41)28(22-43)42(21-30(44)37-29-13-12-24(33)19-35-29)31-18-27(38-40(31)3)32(45)36-26-11-7-6-10-25(26)34/h4,6-7,10-13,18-19,22H,1,5,8-9,14-17,20-21H2,2-3H3,(H,36,45)(H,35,37,44)/b28-23+. The number of aromatic nitrogens is 3. The van der Waals surface area contributed by atoms with Crippen LogP contribution in [0, 0.1) is 11.6 Å². The molecule has 45 heavy (non-hydrogen) atoms. The van der Waals surface area contributed by atoms with Crippen molar-refractivity contribution >= 4 is 35.4 Å². The van der Waals surface area contributed by atoms with Crippen LogP contribution in [-0.4, -0.2) is 89.0 Å². The minimum absolute atomic E-state index is 0.0206. The molecule has 1 saturated heterocycles. The second kappa shape index (κ2) is 15.8. The number of anilines is 3. The Labute approximate surface area is 261 Å². The molecule has 2 amide bonds. The van der Waals surface area contributed by atoms with Gasteiger partial charge < -0.3 is 25.3 Å². The van der Waals surface area contributed by atoms with Gasteiger partial charge in [-0.05, 0) is 62.8 Å². The van der Waals surface area contributed by atoms with E-state index in [0.717, 1.165) is 38.4 Å². The van der Waals surface area contributed by atoms with Crippen molar-refractivity contribution in [2.45, 2.75) is 19.3 Å². The smallest absolute Gasteiger partial charge is 0.276 e. The maximum Gasteiger partial charge on any atom is 0.276 e. The molecule has 2 aromatic heterocycles. The fourth-order valence-corrected chi connectivity index (χ4v) is 5.06. The van der Waals surface area contributed by atoms with E-state index >= 15 is 0 Å². The number of hydrogen-bond acceptors (Lipinski definition) is 8. The first kappa shape index (κ1) is 33.1. The van der Waals surface area contributed by atoms with Gasteiger partial charge in [0, 0.05) is 32.7 Å². The maximum atomic E-state index is 14.2. The number of aryl methyl sites for hydroxylation is 1. The molecule has 1 aromatic carbocycles. The molecule has 3 aromatic rings. The molecule has 0 unspecified atom stereocenters. The van der Waals surface area contributed by atoms with Crippen molar-refractivity contribution in [1.82, 2.24) is 24.6 Å². The first-order valence-corrected chi connectivity index (χ1v) is 14.7. The van der Waals surface area contributed by atoms with Crippen LogP contribution in [0.1, 0.15) is 29.8 Å². The molecular formula is C32H38F2N8O3. The summed E-state index contributed by atoms with van der Waals surface area (Å²) in [4.78, 5) is 48.7. The summed E-state index contributed by atoms with van der Waals surface area (Å²) in [5.41, 5.74) is 0.608. The number of likely N-dealkylation sites (N-methyl/N-ethyl adjacent to an activating group) is 1. The van der Waals surface area contributed by atoms with Crippen LogP contribution in [0.2, 0.25) is 0 Å². The van der Waals surface area contributed by atoms with E-state index in [0.29, 0.717) is 18.4 Å². The van der Waals surface area contributed by atoms with Gasteiger partial charge in [0.1, 0.15) is 29.8 Å². The monoisotopic (exact) mass is 620 g/mol. The quantitative estimate of drug-likeness (QED) is 0.159. The number of hydrogen-bond donors (Lipinski definition) is 2. The molecule has 1 aliphatic rings. The summed E-state index contributed by atoms with van der Waals surface area (Å²) in [6.07, 6.45) is 6.79. The molecule has 13 heteroatoms. The number of amides is 2. The van der Waals surface area contributed by atoms with E-state index in [4.69, 9.17) is 0 Å². The van der Waals surface area contributed by atoms with Crippen LogP contribution in [0.25, 0.3) is 0 Å². The number of para-hydroxylation sites is 1. The van der Waals surface area contributed by atoms with Gasteiger partial charge in [-0.3, -0.25) is 19.1 Å². The average molecular weight is 621 g/mol. The summed E-state index contributed by atoms with van der Waals surface area (Å²) < 4.78 is 28.9. The zero-order chi connectivity index (χ0) is 32.3. The molecule has 1 fully saturated rings. The Morgan fingerprint density at radius 3 is 2.49 bits per heavy atom. The largest absolute Gasteiger partial charge is 0.318 e. The number of benzene rings is 1. The summed E-state index contributed by atoms with van der Waals surface area (Å²) in [5, 5.41) is 9.37. The number of piperidine rings is 1. The van der Waals surface area contributed by atoms with Gasteiger partial charge >= 0.3 is 0 Å². The minimum Gasteiger partial charge on any atom is -0.318 e. The number of likely N-dealkylation sites (tertiary alicyclic amines) is 1. The van der Waals surface area contributed by atoms with Gasteiger partial charge in [0.15, 0.2) is 12.0 Å². The van der Waals surface area contributed by atoms with Crippen LogP contribution in [0.4, 0.5) is 26.1 Å². The van der Waals surface area contributed by atoms with Crippen LogP contribution >= 0.6 is 0 Å². The number of halogens is 2. The predicted octanol–water partition coefficient (Wildman–Crippen LogP) is 3.85. The molecule has 2 N–H and O–H groups in total. The molecule has 1 aliphatic heterocycles. The van der Waals surface area contributed by atoms with Gasteiger partial charge in [-0.1, -0.05) is 31.2 Å². The van der Waals surface area contributed by atoms with Gasteiger partial charge in [-0.15, -0.1) is 0 Å². The van der Waals surface area contributed by atoms with Crippen molar-refractivity contribution in [2.75, 3.05) is 61.8 Å². The topological polar surface area (TPSA) is 116 Å². The molecule has 0 bridgehead atoms. The average Bonchev–Trinajstić information content (AvgIpc) is 3.43. The lowest BCUT2D eigenvalue weighted by molar-refractivity contribution is -0.114. The third-order valence-corrected chi connectivity index (χ3v) is 7.45. The first-order chi connectivity index (χ1) is 21.7. The van der Waals surface area contributed by atoms with Crippen LogP contribution in [0.5, 0.6) is 0 Å². The Balaban J connectivity index is 1.62. The van der Waals surface area contributed by atoms with Crippen LogP contribution in [0.3, 0.4) is 0 Å². The minimum atomic E-state index is -0.681. The third-order valence-electron chi connectivity index (χ3n) is 7.45. The molecule has 0 spiro atoms. The number of carbonyl (C=O) groups excluding carboxylic acids is 3. The highest BCUT2D eigenvalue weighted by molar-refractivity contribution is 6.04. The highest BCUT2D eigenvalue weighted by Gasteiger charge is 2.25. The second-order valence-electron chi connectivity index (χ2n) is 10.8. The van der Waals surface area contributed by atoms with Crippen molar-refractivity contribution in [2.24, 2.45) is 7.05 Å². The molecule has 238 valence electrons. The second-order valence-corrected chi connectivity index (χ2v) is 10.8. The van der Waals surface area contributed by atoms with E-state index in [9.17, 15) is 23.2 Å². The molecule has 3 heterocycles. The van der Waals surface area contributed by atoms with E-state index in [1.54, 1.807) is 19.2 Å². The number of nitrogens with one attached hydrogen (secondary N) is 2. The summed E-state index contributed by atoms with van der Waals surface area (Å²) >= 11 is 0. The number of carbonyl (C=O) groups is 3. The van der Waals surface area contributed by atoms with Gasteiger partial charge in [-0.25, -0.2) is 13.8 Å². The van der Waals surface area contributed by atoms with Crippen molar-refractivity contribution in [3.05, 3.63) is 89.9 Å². The van der Waals surface area contributed by atoms with Gasteiger partial charge in [0.2, 0.25) is 5.91 Å². The lowest BCUT2D eigenvalue weighted by Crippen LogP contribution is -2.38. The van der Waals surface area contributed by atoms with Crippen molar-refractivity contribution in [3.63, 3.8) is 0 Å². The Hall–Kier alpha value is -4.75. The van der Waals surface area contributed by atoms with Crippen molar-refractivity contribution < 1.29 is 23.2 Å². The van der Waals surface area contributed by atoms with Gasteiger partial charge in [0.25, 0.3) is 5.91 Å². The number of aldehydes is 1. The fourth-order valence-electron chi connectivity index (χ4n) is 5.06. The van der Waals surface area contributed by atoms with Crippen LogP contribution < -0.4 is 15.5 Å². The van der Waals surface area contributed by atoms with Gasteiger partial charge in [0.05, 0.1) is 17.6 Å². The zero-order valence-corrected chi connectivity index (χ0v) is 25.5. The van der Waals surface area contributed by atoms with E-state index in [-0.39, 0.29) is 35.3 Å². The number of nitrogens with zero attached hydrogens (tertiary/aromatic N) is 6. The lowest BCUT2D eigenvalue weighted by Gasteiger charge is -2.30. The Morgan fingerprint density at radius 1 is 1.07 bits per heavy atom. The molecule has 4 rings (SSSR count). The summed E-state index contributed by atoms with van der Waals surface area (Å²) in [6.45, 7) is 7.68. The van der Waals surface area contributed by atoms with E-state index < -0.39 is 23.4 Å². The lowest BCUT2D eigenvalue weighted by atomic mass is 10.1. The summed E-state index contributed by atoms with van der Waals surface area (Å²) in [5.74, 6) is -2.05. The highest BCUT2D eigenvalue weighted by atomic mass is 19.1. The Bertz CT molecular complexity index is 1530. The van der Waals surface area contributed by atoms with E-state index in [1.807, 2.05) is 7.05 Å². The van der Waals surface area contributed by atoms with Crippen molar-refractivity contribution in [1.29, 1.82) is 0 Å². The SMILES string of the molecule is C=C/C(CN(C)CCN1CCCCC1)=C(/C=O)N(CC(=O)Nc1ccc(F)cn1)c1cc(C(=O)Nc2ccccc2F)nn1C. The third kappa shape index (κ3) is 9.13. The van der Waals surface area contributed by atoms with E-state index in [2.05, 4.69) is 37.1 Å². The predicted molar refractivity (Wildman–Crippen MR) is 169 cm³/mol. The number of rotatable bonds is 14. The molecule has 11 nitrogen and oxygen atoms in total. The Kier molecular flexibility index (Phi) is 11.7. The van der Waals surface area contributed by atoms with E-state index in [1.165, 1.54) is 59.2 Å². The van der Waals surface area contributed by atoms with Gasteiger partial charge in [-0.2, -0.15) is 5.10 Å². The van der Waals surface area contributed by atoms with Crippen molar-refractivity contribution in [3.8, 4) is 0 Å². The highest BCUT2D eigenvalue weighted by Crippen LogP contribution is 2.24. The fraction of sp³-hybridized carbons (Fsp3) is 0.344. The van der Waals surface area contributed by atoms with Crippen LogP contribution in [-0.2, 0) is 16.6 Å². The molecule has 0 aliphatic carbocycles. The summed E-state index contributed by atoms with van der Waals surface area (Å²) in [7, 11) is 3.50. The first-order valence-electron chi connectivity index (χ1n) is 14.7. The van der Waals surface area contributed by atoms with Crippen LogP contribution in [0.15, 0.2) is 72.6 Å². The molecule has 0 saturated carbocycles. The number of pyridine rings is 1.